The highest BCUT2D eigenvalue weighted by Gasteiger charge is 2.26. The molecule has 0 spiro atoms. The maximum atomic E-state index is 12.3. The monoisotopic (exact) mass is 509 g/mol. The summed E-state index contributed by atoms with van der Waals surface area (Å²) in [6.07, 6.45) is 12.9. The number of carbonyl (C=O) groups excluding carboxylic acids is 2. The Labute approximate surface area is 222 Å². The number of carbonyl (C=O) groups is 2. The van der Waals surface area contributed by atoms with E-state index in [0.717, 1.165) is 31.4 Å². The molecule has 0 aromatic heterocycles. The standard InChI is InChI=1S/C30H43N3O4/c1-22(2)10-8-11-23(3)14-19-37-27-13-12-25(20-26-30(35)31-24(4)29(34)32-26)21-28(27)36-18-9-17-33-15-6-5-7-16-33/h10,12-14,20-21,24H,5-9,11,15-19H2,1-4H3,(H,31,35)(H,32,34)/b23-14+,26-20-/t24-/m0/s1. The molecule has 0 aliphatic carbocycles. The molecular weight excluding hydrogens is 466 g/mol. The molecule has 37 heavy (non-hydrogen) atoms. The van der Waals surface area contributed by atoms with Gasteiger partial charge in [-0.15, -0.1) is 0 Å². The van der Waals surface area contributed by atoms with Crippen molar-refractivity contribution in [1.82, 2.24) is 15.5 Å². The molecule has 2 saturated heterocycles. The summed E-state index contributed by atoms with van der Waals surface area (Å²) >= 11 is 0. The molecular formula is C30H43N3O4. The third kappa shape index (κ3) is 9.73. The van der Waals surface area contributed by atoms with Gasteiger partial charge < -0.3 is 25.0 Å². The zero-order valence-corrected chi connectivity index (χ0v) is 22.9. The molecule has 1 aromatic carbocycles. The average molecular weight is 510 g/mol. The van der Waals surface area contributed by atoms with Crippen LogP contribution in [0.5, 0.6) is 11.5 Å². The van der Waals surface area contributed by atoms with Gasteiger partial charge in [0.15, 0.2) is 11.5 Å². The Morgan fingerprint density at radius 3 is 2.59 bits per heavy atom. The zero-order valence-electron chi connectivity index (χ0n) is 22.9. The van der Waals surface area contributed by atoms with Crippen LogP contribution < -0.4 is 20.1 Å². The summed E-state index contributed by atoms with van der Waals surface area (Å²) in [5, 5.41) is 5.35. The Balaban J connectivity index is 1.66. The number of piperidine rings is 1. The van der Waals surface area contributed by atoms with Gasteiger partial charge in [0.05, 0.1) is 6.61 Å². The molecule has 2 aliphatic rings. The van der Waals surface area contributed by atoms with Crippen molar-refractivity contribution in [3.05, 3.63) is 52.8 Å². The van der Waals surface area contributed by atoms with Crippen molar-refractivity contribution in [2.45, 2.75) is 72.3 Å². The van der Waals surface area contributed by atoms with E-state index in [1.54, 1.807) is 13.0 Å². The van der Waals surface area contributed by atoms with Crippen molar-refractivity contribution < 1.29 is 19.1 Å². The van der Waals surface area contributed by atoms with Gasteiger partial charge in [-0.3, -0.25) is 9.59 Å². The normalized spacial score (nSPS) is 19.8. The first-order chi connectivity index (χ1) is 17.8. The molecule has 1 atom stereocenters. The van der Waals surface area contributed by atoms with E-state index in [-0.39, 0.29) is 17.5 Å². The molecule has 2 N–H and O–H groups in total. The third-order valence-electron chi connectivity index (χ3n) is 6.61. The minimum Gasteiger partial charge on any atom is -0.490 e. The molecule has 0 bridgehead atoms. The molecule has 202 valence electrons. The van der Waals surface area contributed by atoms with E-state index in [1.807, 2.05) is 18.2 Å². The maximum absolute atomic E-state index is 12.3. The van der Waals surface area contributed by atoms with Crippen LogP contribution in [0.2, 0.25) is 0 Å². The van der Waals surface area contributed by atoms with Crippen LogP contribution in [-0.2, 0) is 9.59 Å². The van der Waals surface area contributed by atoms with E-state index < -0.39 is 6.04 Å². The lowest BCUT2D eigenvalue weighted by molar-refractivity contribution is -0.130. The van der Waals surface area contributed by atoms with Crippen molar-refractivity contribution in [2.24, 2.45) is 0 Å². The fourth-order valence-electron chi connectivity index (χ4n) is 4.37. The Morgan fingerprint density at radius 2 is 1.84 bits per heavy atom. The highest BCUT2D eigenvalue weighted by molar-refractivity contribution is 6.07. The van der Waals surface area contributed by atoms with Crippen LogP contribution in [0.4, 0.5) is 0 Å². The summed E-state index contributed by atoms with van der Waals surface area (Å²) in [4.78, 5) is 26.8. The molecule has 7 nitrogen and oxygen atoms in total. The van der Waals surface area contributed by atoms with Gasteiger partial charge in [-0.25, -0.2) is 0 Å². The molecule has 2 fully saturated rings. The molecule has 0 saturated carbocycles. The van der Waals surface area contributed by atoms with Crippen molar-refractivity contribution >= 4 is 17.9 Å². The molecule has 0 radical (unpaired) electrons. The van der Waals surface area contributed by atoms with Gasteiger partial charge in [-0.1, -0.05) is 29.7 Å². The number of benzene rings is 1. The first kappa shape index (κ1) is 28.5. The number of nitrogens with one attached hydrogen (secondary N) is 2. The van der Waals surface area contributed by atoms with Crippen LogP contribution in [0.15, 0.2) is 47.2 Å². The van der Waals surface area contributed by atoms with E-state index in [9.17, 15) is 9.59 Å². The molecule has 2 heterocycles. The van der Waals surface area contributed by atoms with Crippen molar-refractivity contribution in [3.63, 3.8) is 0 Å². The van der Waals surface area contributed by atoms with Gasteiger partial charge in [0.1, 0.15) is 18.3 Å². The van der Waals surface area contributed by atoms with Gasteiger partial charge in [-0.2, -0.15) is 0 Å². The van der Waals surface area contributed by atoms with E-state index >= 15 is 0 Å². The summed E-state index contributed by atoms with van der Waals surface area (Å²) in [5.41, 5.74) is 3.60. The summed E-state index contributed by atoms with van der Waals surface area (Å²) in [6, 6.07) is 5.06. The number of likely N-dealkylation sites (tertiary alicyclic amines) is 1. The van der Waals surface area contributed by atoms with Gasteiger partial charge in [-0.05, 0) is 103 Å². The van der Waals surface area contributed by atoms with Gasteiger partial charge in [0.25, 0.3) is 5.91 Å². The Hall–Kier alpha value is -3.06. The highest BCUT2D eigenvalue weighted by atomic mass is 16.5. The number of ether oxygens (including phenoxy) is 2. The van der Waals surface area contributed by atoms with Gasteiger partial charge in [0.2, 0.25) is 5.91 Å². The number of rotatable bonds is 12. The van der Waals surface area contributed by atoms with Gasteiger partial charge >= 0.3 is 0 Å². The fraction of sp³-hybridized carbons (Fsp3) is 0.533. The largest absolute Gasteiger partial charge is 0.490 e. The number of hydrogen-bond acceptors (Lipinski definition) is 5. The summed E-state index contributed by atoms with van der Waals surface area (Å²) < 4.78 is 12.3. The smallest absolute Gasteiger partial charge is 0.268 e. The SMILES string of the molecule is CC(C)=CCC/C(C)=C/COc1ccc(/C=C2\NC(=O)[C@H](C)NC2=O)cc1OCCCN1CCCCC1. The van der Waals surface area contributed by atoms with Crippen LogP contribution in [0.3, 0.4) is 0 Å². The molecule has 7 heteroatoms. The molecule has 2 aliphatic heterocycles. The lowest BCUT2D eigenvalue weighted by Crippen LogP contribution is -2.53. The van der Waals surface area contributed by atoms with Crippen LogP contribution >= 0.6 is 0 Å². The lowest BCUT2D eigenvalue weighted by atomic mass is 10.1. The fourth-order valence-corrected chi connectivity index (χ4v) is 4.37. The van der Waals surface area contributed by atoms with Crippen molar-refractivity contribution in [2.75, 3.05) is 32.8 Å². The number of hydrogen-bond donors (Lipinski definition) is 2. The first-order valence-corrected chi connectivity index (χ1v) is 13.6. The third-order valence-corrected chi connectivity index (χ3v) is 6.61. The zero-order chi connectivity index (χ0) is 26.6. The van der Waals surface area contributed by atoms with Crippen LogP contribution in [-0.4, -0.2) is 55.6 Å². The lowest BCUT2D eigenvalue weighted by Gasteiger charge is -2.26. The van der Waals surface area contributed by atoms with Crippen molar-refractivity contribution in [3.8, 4) is 11.5 Å². The van der Waals surface area contributed by atoms with E-state index in [0.29, 0.717) is 24.7 Å². The summed E-state index contributed by atoms with van der Waals surface area (Å²) in [5.74, 6) is 0.774. The Kier molecular flexibility index (Phi) is 11.3. The van der Waals surface area contributed by atoms with Crippen LogP contribution in [0, 0.1) is 0 Å². The number of piperazine rings is 1. The van der Waals surface area contributed by atoms with E-state index in [4.69, 9.17) is 9.47 Å². The quantitative estimate of drug-likeness (QED) is 0.236. The summed E-state index contributed by atoms with van der Waals surface area (Å²) in [7, 11) is 0. The first-order valence-electron chi connectivity index (χ1n) is 13.6. The molecule has 0 unspecified atom stereocenters. The van der Waals surface area contributed by atoms with Gasteiger partial charge in [0, 0.05) is 6.54 Å². The van der Waals surface area contributed by atoms with E-state index in [2.05, 4.69) is 48.5 Å². The Morgan fingerprint density at radius 1 is 1.05 bits per heavy atom. The average Bonchev–Trinajstić information content (AvgIpc) is 2.86. The van der Waals surface area contributed by atoms with E-state index in [1.165, 1.54) is 43.5 Å². The second kappa shape index (κ2) is 14.6. The van der Waals surface area contributed by atoms with Crippen LogP contribution in [0.25, 0.3) is 6.08 Å². The minimum atomic E-state index is -0.544. The molecule has 3 rings (SSSR count). The van der Waals surface area contributed by atoms with Crippen LogP contribution in [0.1, 0.15) is 71.8 Å². The predicted octanol–water partition coefficient (Wildman–Crippen LogP) is 4.99. The molecule has 1 aromatic rings. The topological polar surface area (TPSA) is 79.9 Å². The maximum Gasteiger partial charge on any atom is 0.268 e. The minimum absolute atomic E-state index is 0.225. The number of allylic oxidation sites excluding steroid dienone is 3. The molecule has 2 amide bonds. The number of amides is 2. The van der Waals surface area contributed by atoms with Crippen molar-refractivity contribution in [1.29, 1.82) is 0 Å². The number of nitrogens with zero attached hydrogens (tertiary/aromatic N) is 1. The highest BCUT2D eigenvalue weighted by Crippen LogP contribution is 2.30. The Bertz CT molecular complexity index is 1020. The second-order valence-corrected chi connectivity index (χ2v) is 10.2. The summed E-state index contributed by atoms with van der Waals surface area (Å²) in [6.45, 7) is 12.4. The predicted molar refractivity (Wildman–Crippen MR) is 148 cm³/mol. The second-order valence-electron chi connectivity index (χ2n) is 10.2.